The molecule has 0 spiro atoms. The number of carbonyl (C=O) groups excluding carboxylic acids is 2. The first-order valence-electron chi connectivity index (χ1n) is 7.66. The van der Waals surface area contributed by atoms with Gasteiger partial charge in [-0.05, 0) is 12.6 Å². The van der Waals surface area contributed by atoms with Crippen molar-refractivity contribution >= 4 is 11.8 Å². The van der Waals surface area contributed by atoms with Gasteiger partial charge in [-0.3, -0.25) is 19.4 Å². The van der Waals surface area contributed by atoms with Gasteiger partial charge in [0.1, 0.15) is 0 Å². The van der Waals surface area contributed by atoms with Crippen molar-refractivity contribution in [3.05, 3.63) is 35.9 Å². The normalized spacial score (nSPS) is 23.4. The molecule has 1 aromatic rings. The Bertz CT molecular complexity index is 512. The summed E-state index contributed by atoms with van der Waals surface area (Å²) >= 11 is 0. The third-order valence-electron chi connectivity index (χ3n) is 4.27. The molecule has 1 aliphatic rings. The molecule has 5 nitrogen and oxygen atoms in total. The summed E-state index contributed by atoms with van der Waals surface area (Å²) in [5.41, 5.74) is 1.16. The second-order valence-electron chi connectivity index (χ2n) is 6.20. The number of nitrogens with zero attached hydrogens (tertiary/aromatic N) is 2. The number of amides is 2. The van der Waals surface area contributed by atoms with Crippen molar-refractivity contribution in [3.63, 3.8) is 0 Å². The van der Waals surface area contributed by atoms with Crippen molar-refractivity contribution in [2.45, 2.75) is 26.5 Å². The monoisotopic (exact) mass is 304 g/mol. The first-order chi connectivity index (χ1) is 10.4. The Morgan fingerprint density at radius 3 is 2.23 bits per heavy atom. The minimum Gasteiger partial charge on any atom is -0.390 e. The van der Waals surface area contributed by atoms with Crippen LogP contribution in [-0.2, 0) is 16.1 Å². The smallest absolute Gasteiger partial charge is 0.232 e. The number of aliphatic hydroxyl groups excluding tert-OH is 1. The highest BCUT2D eigenvalue weighted by Gasteiger charge is 2.42. The zero-order chi connectivity index (χ0) is 16.3. The molecule has 5 heteroatoms. The first-order valence-corrected chi connectivity index (χ1v) is 7.66. The lowest BCUT2D eigenvalue weighted by molar-refractivity contribution is -0.141. The molecule has 1 aromatic carbocycles. The Morgan fingerprint density at radius 1 is 1.14 bits per heavy atom. The molecule has 1 fully saturated rings. The molecular weight excluding hydrogens is 280 g/mol. The van der Waals surface area contributed by atoms with E-state index in [1.807, 2.05) is 42.3 Å². The van der Waals surface area contributed by atoms with E-state index < -0.39 is 6.10 Å². The van der Waals surface area contributed by atoms with Crippen LogP contribution in [0.15, 0.2) is 30.3 Å². The fourth-order valence-electron chi connectivity index (χ4n) is 2.80. The van der Waals surface area contributed by atoms with Gasteiger partial charge in [0.15, 0.2) is 0 Å². The van der Waals surface area contributed by atoms with E-state index >= 15 is 0 Å². The minimum atomic E-state index is -0.737. The van der Waals surface area contributed by atoms with Crippen LogP contribution in [-0.4, -0.2) is 53.0 Å². The molecule has 3 unspecified atom stereocenters. The largest absolute Gasteiger partial charge is 0.390 e. The summed E-state index contributed by atoms with van der Waals surface area (Å²) in [6.45, 7) is 4.73. The highest BCUT2D eigenvalue weighted by atomic mass is 16.3. The van der Waals surface area contributed by atoms with E-state index in [2.05, 4.69) is 0 Å². The maximum atomic E-state index is 12.0. The molecule has 1 heterocycles. The van der Waals surface area contributed by atoms with E-state index in [-0.39, 0.29) is 30.2 Å². The number of β-amino-alcohol motifs (C(OH)–C–C–N with tert-alkyl or cyclic N) is 1. The van der Waals surface area contributed by atoms with Crippen LogP contribution in [0.4, 0.5) is 0 Å². The van der Waals surface area contributed by atoms with Crippen molar-refractivity contribution in [2.24, 2.45) is 11.8 Å². The molecule has 0 aliphatic carbocycles. The molecule has 2 amide bonds. The quantitative estimate of drug-likeness (QED) is 0.800. The summed E-state index contributed by atoms with van der Waals surface area (Å²) in [5.74, 6) is -0.937. The second-order valence-corrected chi connectivity index (χ2v) is 6.20. The van der Waals surface area contributed by atoms with Gasteiger partial charge in [0.25, 0.3) is 0 Å². The molecule has 120 valence electrons. The molecule has 0 radical (unpaired) electrons. The molecule has 3 atom stereocenters. The number of rotatable bonds is 6. The van der Waals surface area contributed by atoms with Gasteiger partial charge in [0.2, 0.25) is 11.8 Å². The average molecular weight is 304 g/mol. The van der Waals surface area contributed by atoms with Gasteiger partial charge in [-0.15, -0.1) is 0 Å². The van der Waals surface area contributed by atoms with Crippen LogP contribution in [0.2, 0.25) is 0 Å². The van der Waals surface area contributed by atoms with Crippen LogP contribution in [0.5, 0.6) is 0 Å². The van der Waals surface area contributed by atoms with Crippen LogP contribution in [0, 0.1) is 11.8 Å². The molecule has 0 saturated carbocycles. The lowest BCUT2D eigenvalue weighted by Crippen LogP contribution is -2.42. The van der Waals surface area contributed by atoms with Gasteiger partial charge in [0.05, 0.1) is 12.6 Å². The van der Waals surface area contributed by atoms with Crippen LogP contribution in [0.1, 0.15) is 19.4 Å². The fraction of sp³-hybridized carbons (Fsp3) is 0.529. The van der Waals surface area contributed by atoms with E-state index in [1.165, 1.54) is 4.90 Å². The lowest BCUT2D eigenvalue weighted by Gasteiger charge is -2.24. The van der Waals surface area contributed by atoms with E-state index in [0.717, 1.165) is 5.56 Å². The van der Waals surface area contributed by atoms with Crippen molar-refractivity contribution in [3.8, 4) is 0 Å². The predicted octanol–water partition coefficient (Wildman–Crippen LogP) is 1.12. The number of benzene rings is 1. The molecule has 1 N–H and O–H groups in total. The summed E-state index contributed by atoms with van der Waals surface area (Å²) in [4.78, 5) is 27.2. The molecule has 2 rings (SSSR count). The van der Waals surface area contributed by atoms with E-state index in [1.54, 1.807) is 13.8 Å². The summed E-state index contributed by atoms with van der Waals surface area (Å²) < 4.78 is 0. The topological polar surface area (TPSA) is 60.9 Å². The van der Waals surface area contributed by atoms with Crippen LogP contribution >= 0.6 is 0 Å². The molecule has 22 heavy (non-hydrogen) atoms. The van der Waals surface area contributed by atoms with E-state index in [0.29, 0.717) is 13.1 Å². The Morgan fingerprint density at radius 2 is 1.68 bits per heavy atom. The first kappa shape index (κ1) is 16.6. The highest BCUT2D eigenvalue weighted by molar-refractivity contribution is 6.04. The zero-order valence-corrected chi connectivity index (χ0v) is 13.4. The number of aliphatic hydroxyl groups is 1. The standard InChI is InChI=1S/C17H24N2O3/c1-12-13(2)17(22)19(16(12)21)11-15(20)10-18(3)9-14-7-5-4-6-8-14/h4-8,12-13,15,20H,9-11H2,1-3H3. The maximum absolute atomic E-state index is 12.0. The summed E-state index contributed by atoms with van der Waals surface area (Å²) in [6.07, 6.45) is -0.737. The van der Waals surface area contributed by atoms with Gasteiger partial charge in [-0.1, -0.05) is 44.2 Å². The number of carbonyl (C=O) groups is 2. The fourth-order valence-corrected chi connectivity index (χ4v) is 2.80. The maximum Gasteiger partial charge on any atom is 0.232 e. The predicted molar refractivity (Wildman–Crippen MR) is 83.8 cm³/mol. The van der Waals surface area contributed by atoms with Crippen molar-refractivity contribution < 1.29 is 14.7 Å². The Hall–Kier alpha value is -1.72. The highest BCUT2D eigenvalue weighted by Crippen LogP contribution is 2.25. The lowest BCUT2D eigenvalue weighted by atomic mass is 10.00. The van der Waals surface area contributed by atoms with Gasteiger partial charge >= 0.3 is 0 Å². The minimum absolute atomic E-state index is 0.0749. The Labute approximate surface area is 131 Å². The van der Waals surface area contributed by atoms with Crippen LogP contribution in [0.3, 0.4) is 0 Å². The van der Waals surface area contributed by atoms with Gasteiger partial charge in [-0.25, -0.2) is 0 Å². The number of hydrogen-bond donors (Lipinski definition) is 1. The van der Waals surface area contributed by atoms with Crippen LogP contribution < -0.4 is 0 Å². The van der Waals surface area contributed by atoms with Gasteiger partial charge in [0, 0.05) is 24.9 Å². The van der Waals surface area contributed by atoms with E-state index in [9.17, 15) is 14.7 Å². The SMILES string of the molecule is CC1C(=O)N(CC(O)CN(C)Cc2ccccc2)C(=O)C1C. The number of likely N-dealkylation sites (tertiary alicyclic amines) is 1. The number of likely N-dealkylation sites (N-methyl/N-ethyl adjacent to an activating group) is 1. The Kier molecular flexibility index (Phi) is 5.32. The van der Waals surface area contributed by atoms with Gasteiger partial charge < -0.3 is 5.11 Å². The number of imide groups is 1. The van der Waals surface area contributed by atoms with E-state index in [4.69, 9.17) is 0 Å². The van der Waals surface area contributed by atoms with Gasteiger partial charge in [-0.2, -0.15) is 0 Å². The molecular formula is C17H24N2O3. The van der Waals surface area contributed by atoms with Crippen molar-refractivity contribution in [1.82, 2.24) is 9.80 Å². The van der Waals surface area contributed by atoms with Crippen LogP contribution in [0.25, 0.3) is 0 Å². The third kappa shape index (κ3) is 3.72. The molecule has 1 aliphatic heterocycles. The summed E-state index contributed by atoms with van der Waals surface area (Å²) in [7, 11) is 1.91. The molecule has 1 saturated heterocycles. The number of hydrogen-bond acceptors (Lipinski definition) is 4. The average Bonchev–Trinajstić information content (AvgIpc) is 2.66. The van der Waals surface area contributed by atoms with Crippen molar-refractivity contribution in [1.29, 1.82) is 0 Å². The second kappa shape index (κ2) is 7.03. The molecule has 0 aromatic heterocycles. The molecule has 0 bridgehead atoms. The summed E-state index contributed by atoms with van der Waals surface area (Å²) in [6, 6.07) is 9.97. The third-order valence-corrected chi connectivity index (χ3v) is 4.27. The zero-order valence-electron chi connectivity index (χ0n) is 13.4. The Balaban J connectivity index is 1.86. The van der Waals surface area contributed by atoms with Crippen molar-refractivity contribution in [2.75, 3.05) is 20.1 Å². The summed E-state index contributed by atoms with van der Waals surface area (Å²) in [5, 5.41) is 10.2.